The van der Waals surface area contributed by atoms with Gasteiger partial charge in [0.2, 0.25) is 0 Å². The minimum atomic E-state index is -0.432. The number of fused-ring (bicyclic) bond motifs is 1. The van der Waals surface area contributed by atoms with Crippen LogP contribution in [0, 0.1) is 0 Å². The number of aromatic nitrogens is 1. The summed E-state index contributed by atoms with van der Waals surface area (Å²) in [5.41, 5.74) is 6.22. The van der Waals surface area contributed by atoms with Crippen molar-refractivity contribution in [3.63, 3.8) is 0 Å². The van der Waals surface area contributed by atoms with Crippen molar-refractivity contribution in [2.45, 2.75) is 6.10 Å². The number of amides is 1. The zero-order chi connectivity index (χ0) is 13.4. The van der Waals surface area contributed by atoms with Crippen molar-refractivity contribution in [2.75, 3.05) is 29.9 Å². The number of hydrogen-bond donors (Lipinski definition) is 2. The van der Waals surface area contributed by atoms with Crippen LogP contribution in [-0.2, 0) is 4.74 Å². The molecule has 2 aliphatic heterocycles. The lowest BCUT2D eigenvalue weighted by molar-refractivity contribution is 0.145. The van der Waals surface area contributed by atoms with Crippen LogP contribution >= 0.6 is 0 Å². The molecule has 1 aromatic rings. The highest BCUT2D eigenvalue weighted by molar-refractivity contribution is 5.89. The zero-order valence-electron chi connectivity index (χ0n) is 10.3. The van der Waals surface area contributed by atoms with Gasteiger partial charge in [0.25, 0.3) is 0 Å². The normalized spacial score (nSPS) is 21.5. The van der Waals surface area contributed by atoms with Gasteiger partial charge in [-0.15, -0.1) is 0 Å². The molecule has 100 valence electrons. The minimum Gasteiger partial charge on any atom is -0.484 e. The fraction of sp³-hybridized carbons (Fsp3) is 0.333. The smallest absolute Gasteiger partial charge is 0.416 e. The number of rotatable bonds is 2. The number of nitrogens with two attached hydrogens (primary N) is 1. The van der Waals surface area contributed by atoms with E-state index in [1.54, 1.807) is 12.1 Å². The molecule has 1 amide bonds. The van der Waals surface area contributed by atoms with Crippen molar-refractivity contribution in [3.8, 4) is 5.75 Å². The van der Waals surface area contributed by atoms with E-state index < -0.39 is 6.09 Å². The van der Waals surface area contributed by atoms with Crippen LogP contribution in [0.4, 0.5) is 16.4 Å². The second kappa shape index (κ2) is 4.43. The maximum Gasteiger partial charge on any atom is 0.416 e. The summed E-state index contributed by atoms with van der Waals surface area (Å²) in [5, 5.41) is 3.03. The molecule has 1 fully saturated rings. The molecule has 0 bridgehead atoms. The Balaban J connectivity index is 1.88. The first-order valence-electron chi connectivity index (χ1n) is 5.94. The first-order valence-corrected chi connectivity index (χ1v) is 5.94. The highest BCUT2D eigenvalue weighted by Crippen LogP contribution is 2.31. The number of carbonyl (C=O) groups excluding carboxylic acids is 1. The van der Waals surface area contributed by atoms with E-state index in [9.17, 15) is 4.79 Å². The summed E-state index contributed by atoms with van der Waals surface area (Å²) in [7, 11) is 0. The molecule has 19 heavy (non-hydrogen) atoms. The van der Waals surface area contributed by atoms with Crippen molar-refractivity contribution >= 4 is 17.7 Å². The van der Waals surface area contributed by atoms with Gasteiger partial charge in [0.05, 0.1) is 6.54 Å². The summed E-state index contributed by atoms with van der Waals surface area (Å²) >= 11 is 0. The van der Waals surface area contributed by atoms with E-state index in [0.29, 0.717) is 37.1 Å². The lowest BCUT2D eigenvalue weighted by atomic mass is 10.3. The van der Waals surface area contributed by atoms with E-state index >= 15 is 0 Å². The molecule has 0 unspecified atom stereocenters. The number of nitrogens with one attached hydrogen (secondary N) is 1. The fourth-order valence-corrected chi connectivity index (χ4v) is 1.99. The second-order valence-corrected chi connectivity index (χ2v) is 4.39. The van der Waals surface area contributed by atoms with Crippen molar-refractivity contribution < 1.29 is 14.3 Å². The molecule has 1 atom stereocenters. The van der Waals surface area contributed by atoms with E-state index in [-0.39, 0.29) is 6.10 Å². The van der Waals surface area contributed by atoms with Gasteiger partial charge in [-0.2, -0.15) is 0 Å². The highest BCUT2D eigenvalue weighted by atomic mass is 16.6. The SMILES string of the molecule is C=C1COc2ccc(N3C[C@H](CN)OC3=O)nc2N1. The van der Waals surface area contributed by atoms with Crippen LogP contribution in [0.5, 0.6) is 5.75 Å². The van der Waals surface area contributed by atoms with Crippen LogP contribution in [0.25, 0.3) is 0 Å². The average molecular weight is 262 g/mol. The summed E-state index contributed by atoms with van der Waals surface area (Å²) in [6.07, 6.45) is -0.719. The number of carbonyl (C=O) groups is 1. The Morgan fingerprint density at radius 2 is 2.42 bits per heavy atom. The number of hydrogen-bond acceptors (Lipinski definition) is 6. The third kappa shape index (κ3) is 2.08. The Morgan fingerprint density at radius 1 is 1.58 bits per heavy atom. The molecular weight excluding hydrogens is 248 g/mol. The van der Waals surface area contributed by atoms with Crippen LogP contribution in [0.2, 0.25) is 0 Å². The van der Waals surface area contributed by atoms with Crippen molar-refractivity contribution in [3.05, 3.63) is 24.4 Å². The molecule has 7 nitrogen and oxygen atoms in total. The van der Waals surface area contributed by atoms with Gasteiger partial charge in [-0.3, -0.25) is 4.90 Å². The summed E-state index contributed by atoms with van der Waals surface area (Å²) in [6.45, 7) is 4.90. The maximum atomic E-state index is 11.7. The average Bonchev–Trinajstić information content (AvgIpc) is 2.79. The first kappa shape index (κ1) is 11.8. The molecule has 1 saturated heterocycles. The van der Waals surface area contributed by atoms with E-state index in [0.717, 1.165) is 5.70 Å². The third-order valence-corrected chi connectivity index (χ3v) is 2.95. The fourth-order valence-electron chi connectivity index (χ4n) is 1.99. The molecule has 7 heteroatoms. The summed E-state index contributed by atoms with van der Waals surface area (Å²) in [6, 6.07) is 3.48. The predicted molar refractivity (Wildman–Crippen MR) is 69.2 cm³/mol. The van der Waals surface area contributed by atoms with Crippen LogP contribution in [-0.4, -0.2) is 36.9 Å². The van der Waals surface area contributed by atoms with Crippen molar-refractivity contribution in [2.24, 2.45) is 5.73 Å². The van der Waals surface area contributed by atoms with Gasteiger partial charge in [-0.25, -0.2) is 9.78 Å². The Bertz CT molecular complexity index is 546. The van der Waals surface area contributed by atoms with E-state index in [1.807, 2.05) is 0 Å². The first-order chi connectivity index (χ1) is 9.17. The highest BCUT2D eigenvalue weighted by Gasteiger charge is 2.32. The van der Waals surface area contributed by atoms with Crippen molar-refractivity contribution in [1.29, 1.82) is 0 Å². The molecule has 2 aliphatic rings. The molecule has 3 rings (SSSR count). The molecule has 0 spiro atoms. The van der Waals surface area contributed by atoms with Crippen molar-refractivity contribution in [1.82, 2.24) is 4.98 Å². The molecule has 1 aromatic heterocycles. The van der Waals surface area contributed by atoms with Crippen LogP contribution < -0.4 is 20.7 Å². The summed E-state index contributed by atoms with van der Waals surface area (Å²) < 4.78 is 10.5. The largest absolute Gasteiger partial charge is 0.484 e. The van der Waals surface area contributed by atoms with Gasteiger partial charge in [0.15, 0.2) is 11.6 Å². The molecule has 3 N–H and O–H groups in total. The number of ether oxygens (including phenoxy) is 2. The zero-order valence-corrected chi connectivity index (χ0v) is 10.3. The van der Waals surface area contributed by atoms with Gasteiger partial charge < -0.3 is 20.5 Å². The Morgan fingerprint density at radius 3 is 3.16 bits per heavy atom. The van der Waals surface area contributed by atoms with Gasteiger partial charge in [-0.1, -0.05) is 6.58 Å². The standard InChI is InChI=1S/C12H14N4O3/c1-7-6-18-9-2-3-10(15-11(9)14-7)16-5-8(4-13)19-12(16)17/h2-3,8H,1,4-6,13H2,(H,14,15)/t8-/m0/s1. The molecule has 0 aromatic carbocycles. The summed E-state index contributed by atoms with van der Waals surface area (Å²) in [5.74, 6) is 1.70. The van der Waals surface area contributed by atoms with Crippen LogP contribution in [0.1, 0.15) is 0 Å². The topological polar surface area (TPSA) is 89.7 Å². The lowest BCUT2D eigenvalue weighted by Crippen LogP contribution is -2.28. The van der Waals surface area contributed by atoms with Gasteiger partial charge in [-0.05, 0) is 12.1 Å². The number of anilines is 2. The Hall–Kier alpha value is -2.28. The minimum absolute atomic E-state index is 0.287. The monoisotopic (exact) mass is 262 g/mol. The van der Waals surface area contributed by atoms with E-state index in [4.69, 9.17) is 15.2 Å². The van der Waals surface area contributed by atoms with E-state index in [1.165, 1.54) is 4.90 Å². The number of cyclic esters (lactones) is 1. The molecule has 3 heterocycles. The third-order valence-electron chi connectivity index (χ3n) is 2.95. The molecule has 0 aliphatic carbocycles. The molecule has 0 radical (unpaired) electrons. The predicted octanol–water partition coefficient (Wildman–Crippen LogP) is 0.683. The Kier molecular flexibility index (Phi) is 2.75. The lowest BCUT2D eigenvalue weighted by Gasteiger charge is -2.21. The van der Waals surface area contributed by atoms with Gasteiger partial charge in [0, 0.05) is 12.2 Å². The summed E-state index contributed by atoms with van der Waals surface area (Å²) in [4.78, 5) is 17.5. The van der Waals surface area contributed by atoms with Crippen LogP contribution in [0.3, 0.4) is 0 Å². The van der Waals surface area contributed by atoms with E-state index in [2.05, 4.69) is 16.9 Å². The van der Waals surface area contributed by atoms with Gasteiger partial charge >= 0.3 is 6.09 Å². The number of nitrogens with zero attached hydrogens (tertiary/aromatic N) is 2. The molecule has 0 saturated carbocycles. The van der Waals surface area contributed by atoms with Gasteiger partial charge in [0.1, 0.15) is 18.5 Å². The maximum absolute atomic E-state index is 11.7. The Labute approximate surface area is 110 Å². The molecular formula is C12H14N4O3. The van der Waals surface area contributed by atoms with Crippen LogP contribution in [0.15, 0.2) is 24.4 Å². The number of pyridine rings is 1. The quantitative estimate of drug-likeness (QED) is 0.814. The second-order valence-electron chi connectivity index (χ2n) is 4.39.